The minimum atomic E-state index is -0.452. The summed E-state index contributed by atoms with van der Waals surface area (Å²) in [6, 6.07) is 0. The second kappa shape index (κ2) is 3.81. The van der Waals surface area contributed by atoms with E-state index in [-0.39, 0.29) is 22.1 Å². The van der Waals surface area contributed by atoms with Crippen LogP contribution < -0.4 is 5.32 Å². The average Bonchev–Trinajstić information content (AvgIpc) is 3.02. The number of carbonyl (C=O) groups is 1. The molecular weight excluding hydrogens is 293 g/mol. The van der Waals surface area contributed by atoms with Crippen LogP contribution in [0.3, 0.4) is 0 Å². The maximum Gasteiger partial charge on any atom is 0.233 e. The molecule has 0 saturated heterocycles. The van der Waals surface area contributed by atoms with Crippen LogP contribution in [0.2, 0.25) is 0 Å². The fourth-order valence-electron chi connectivity index (χ4n) is 1.83. The highest BCUT2D eigenvalue weighted by Crippen LogP contribution is 2.53. The summed E-state index contributed by atoms with van der Waals surface area (Å²) in [6.45, 7) is 3.92. The van der Waals surface area contributed by atoms with E-state index in [4.69, 9.17) is 23.2 Å². The van der Waals surface area contributed by atoms with Crippen molar-refractivity contribution in [2.75, 3.05) is 5.32 Å². The highest BCUT2D eigenvalue weighted by molar-refractivity contribution is 7.15. The van der Waals surface area contributed by atoms with Crippen molar-refractivity contribution >= 4 is 45.6 Å². The van der Waals surface area contributed by atoms with Gasteiger partial charge in [-0.2, -0.15) is 0 Å². The smallest absolute Gasteiger partial charge is 0.233 e. The van der Waals surface area contributed by atoms with E-state index in [2.05, 4.69) is 22.4 Å². The Balaban J connectivity index is 1.70. The maximum absolute atomic E-state index is 12.0. The Morgan fingerprint density at radius 1 is 1.33 bits per heavy atom. The lowest BCUT2D eigenvalue weighted by Gasteiger charge is -2.07. The van der Waals surface area contributed by atoms with Crippen LogP contribution in [0.5, 0.6) is 0 Å². The van der Waals surface area contributed by atoms with E-state index < -0.39 is 5.41 Å². The molecule has 4 unspecified atom stereocenters. The van der Waals surface area contributed by atoms with Crippen molar-refractivity contribution in [1.82, 2.24) is 10.2 Å². The van der Waals surface area contributed by atoms with Crippen molar-refractivity contribution in [2.24, 2.45) is 5.41 Å². The van der Waals surface area contributed by atoms with Crippen LogP contribution in [0.4, 0.5) is 5.13 Å². The van der Waals surface area contributed by atoms with Gasteiger partial charge in [-0.1, -0.05) is 18.3 Å². The molecule has 2 aliphatic rings. The summed E-state index contributed by atoms with van der Waals surface area (Å²) in [5.41, 5.74) is -0.521. The van der Waals surface area contributed by atoms with Crippen molar-refractivity contribution in [1.29, 1.82) is 0 Å². The minimum absolute atomic E-state index is 0.0687. The van der Waals surface area contributed by atoms with Crippen LogP contribution in [0.25, 0.3) is 0 Å². The number of amides is 1. The number of nitrogens with zero attached hydrogens (tertiary/aromatic N) is 2. The Labute approximate surface area is 119 Å². The molecule has 1 heterocycles. The number of halogens is 2. The van der Waals surface area contributed by atoms with Crippen LogP contribution in [-0.2, 0) is 10.2 Å². The average molecular weight is 306 g/mol. The maximum atomic E-state index is 12.0. The van der Waals surface area contributed by atoms with Gasteiger partial charge >= 0.3 is 0 Å². The first-order valence-corrected chi connectivity index (χ1v) is 7.49. The predicted octanol–water partition coefficient (Wildman–Crippen LogP) is 2.76. The molecule has 2 fully saturated rings. The van der Waals surface area contributed by atoms with Gasteiger partial charge in [-0.05, 0) is 19.8 Å². The predicted molar refractivity (Wildman–Crippen MR) is 72.5 cm³/mol. The fraction of sp³-hybridized carbons (Fsp3) is 0.727. The van der Waals surface area contributed by atoms with Gasteiger partial charge < -0.3 is 5.32 Å². The molecule has 0 radical (unpaired) electrons. The number of aromatic nitrogens is 2. The largest absolute Gasteiger partial charge is 0.300 e. The summed E-state index contributed by atoms with van der Waals surface area (Å²) >= 11 is 13.4. The van der Waals surface area contributed by atoms with E-state index in [0.717, 1.165) is 11.4 Å². The van der Waals surface area contributed by atoms with Gasteiger partial charge in [0.05, 0.1) is 5.41 Å². The number of anilines is 1. The first kappa shape index (κ1) is 12.6. The van der Waals surface area contributed by atoms with E-state index in [1.807, 2.05) is 6.92 Å². The van der Waals surface area contributed by atoms with Crippen molar-refractivity contribution in [3.05, 3.63) is 5.01 Å². The summed E-state index contributed by atoms with van der Waals surface area (Å²) in [4.78, 5) is 12.0. The molecule has 7 heteroatoms. The molecule has 98 valence electrons. The van der Waals surface area contributed by atoms with Gasteiger partial charge in [-0.3, -0.25) is 4.79 Å². The molecule has 0 aliphatic heterocycles. The SMILES string of the molecule is CC1(C(=O)Nc2nnc(C3(C)CC3Cl)s2)CC1Cl. The van der Waals surface area contributed by atoms with Crippen LogP contribution in [-0.4, -0.2) is 26.9 Å². The molecule has 2 aliphatic carbocycles. The molecule has 1 N–H and O–H groups in total. The molecule has 3 rings (SSSR count). The van der Waals surface area contributed by atoms with Crippen LogP contribution in [0.1, 0.15) is 31.7 Å². The molecule has 0 spiro atoms. The van der Waals surface area contributed by atoms with E-state index in [0.29, 0.717) is 11.6 Å². The molecule has 1 aromatic rings. The Hall–Kier alpha value is -0.390. The summed E-state index contributed by atoms with van der Waals surface area (Å²) in [7, 11) is 0. The lowest BCUT2D eigenvalue weighted by Crippen LogP contribution is -2.23. The van der Waals surface area contributed by atoms with Gasteiger partial charge in [0.2, 0.25) is 11.0 Å². The normalized spacial score (nSPS) is 41.6. The Morgan fingerprint density at radius 3 is 2.44 bits per heavy atom. The van der Waals surface area contributed by atoms with Crippen molar-refractivity contribution in [2.45, 2.75) is 42.9 Å². The quantitative estimate of drug-likeness (QED) is 0.874. The van der Waals surface area contributed by atoms with E-state index in [1.165, 1.54) is 11.3 Å². The van der Waals surface area contributed by atoms with Crippen molar-refractivity contribution in [3.63, 3.8) is 0 Å². The van der Waals surface area contributed by atoms with Gasteiger partial charge in [0.15, 0.2) is 0 Å². The zero-order valence-electron chi connectivity index (χ0n) is 10.0. The molecule has 0 bridgehead atoms. The van der Waals surface area contributed by atoms with Gasteiger partial charge in [-0.25, -0.2) is 0 Å². The number of rotatable bonds is 3. The standard InChI is InChI=1S/C11H13Cl2N3OS/c1-10(3-5(10)12)7(17)14-9-16-15-8(18-9)11(2)4-6(11)13/h5-6H,3-4H2,1-2H3,(H,14,16,17). The summed E-state index contributed by atoms with van der Waals surface area (Å²) < 4.78 is 0. The lowest BCUT2D eigenvalue weighted by atomic mass is 10.1. The Bertz CT molecular complexity index is 522. The lowest BCUT2D eigenvalue weighted by molar-refractivity contribution is -0.120. The van der Waals surface area contributed by atoms with E-state index in [1.54, 1.807) is 0 Å². The molecule has 4 nitrogen and oxygen atoms in total. The third-order valence-corrected chi connectivity index (χ3v) is 6.31. The van der Waals surface area contributed by atoms with Crippen molar-refractivity contribution < 1.29 is 4.79 Å². The number of hydrogen-bond donors (Lipinski definition) is 1. The minimum Gasteiger partial charge on any atom is -0.300 e. The highest BCUT2D eigenvalue weighted by Gasteiger charge is 2.56. The molecule has 1 aromatic heterocycles. The van der Waals surface area contributed by atoms with E-state index in [9.17, 15) is 4.79 Å². The Kier molecular flexibility index (Phi) is 2.67. The van der Waals surface area contributed by atoms with Gasteiger partial charge in [0.25, 0.3) is 0 Å². The summed E-state index contributed by atoms with van der Waals surface area (Å²) in [5.74, 6) is -0.0754. The number of alkyl halides is 2. The topological polar surface area (TPSA) is 54.9 Å². The first-order chi connectivity index (χ1) is 8.36. The second-order valence-electron chi connectivity index (χ2n) is 5.54. The second-order valence-corrected chi connectivity index (χ2v) is 7.58. The number of hydrogen-bond acceptors (Lipinski definition) is 4. The molecule has 18 heavy (non-hydrogen) atoms. The number of nitrogens with one attached hydrogen (secondary N) is 1. The fourth-order valence-corrected chi connectivity index (χ4v) is 3.68. The molecular formula is C11H13Cl2N3OS. The highest BCUT2D eigenvalue weighted by atomic mass is 35.5. The third-order valence-electron chi connectivity index (χ3n) is 3.92. The Morgan fingerprint density at radius 2 is 1.94 bits per heavy atom. The van der Waals surface area contributed by atoms with Crippen LogP contribution in [0, 0.1) is 5.41 Å². The molecule has 1 amide bonds. The zero-order chi connectivity index (χ0) is 13.1. The first-order valence-electron chi connectivity index (χ1n) is 5.80. The van der Waals surface area contributed by atoms with E-state index >= 15 is 0 Å². The van der Waals surface area contributed by atoms with Gasteiger partial charge in [0, 0.05) is 16.2 Å². The monoisotopic (exact) mass is 305 g/mol. The van der Waals surface area contributed by atoms with Gasteiger partial charge in [-0.15, -0.1) is 33.4 Å². The third kappa shape index (κ3) is 1.84. The summed E-state index contributed by atoms with van der Waals surface area (Å²) in [5, 5.41) is 12.4. The number of carbonyl (C=O) groups excluding carboxylic acids is 1. The zero-order valence-corrected chi connectivity index (χ0v) is 12.4. The molecule has 4 atom stereocenters. The molecule has 2 saturated carbocycles. The van der Waals surface area contributed by atoms with Crippen LogP contribution >= 0.6 is 34.5 Å². The van der Waals surface area contributed by atoms with Crippen LogP contribution in [0.15, 0.2) is 0 Å². The summed E-state index contributed by atoms with van der Waals surface area (Å²) in [6.07, 6.45) is 1.63. The van der Waals surface area contributed by atoms with Gasteiger partial charge in [0.1, 0.15) is 5.01 Å². The molecule has 0 aromatic carbocycles. The van der Waals surface area contributed by atoms with Crippen molar-refractivity contribution in [3.8, 4) is 0 Å².